The Hall–Kier alpha value is -0.740. The van der Waals surface area contributed by atoms with Gasteiger partial charge in [0.05, 0.1) is 18.4 Å². The number of aryl methyl sites for hydroxylation is 1. The Kier molecular flexibility index (Phi) is 5.05. The van der Waals surface area contributed by atoms with E-state index >= 15 is 0 Å². The highest BCUT2D eigenvalue weighted by Crippen LogP contribution is 2.27. The summed E-state index contributed by atoms with van der Waals surface area (Å²) in [5.74, 6) is 0. The van der Waals surface area contributed by atoms with Crippen LogP contribution >= 0.6 is 11.3 Å². The monoisotopic (exact) mass is 295 g/mol. The highest BCUT2D eigenvalue weighted by atomic mass is 32.2. The van der Waals surface area contributed by atoms with Crippen LogP contribution < -0.4 is 5.73 Å². The average Bonchev–Trinajstić information content (AvgIpc) is 2.58. The maximum absolute atomic E-state index is 12.2. The molecule has 7 nitrogen and oxygen atoms in total. The highest BCUT2D eigenvalue weighted by molar-refractivity contribution is 7.91. The van der Waals surface area contributed by atoms with Crippen LogP contribution in [-0.2, 0) is 14.8 Å². The van der Waals surface area contributed by atoms with Crippen LogP contribution in [0.1, 0.15) is 5.69 Å². The molecule has 0 fully saturated rings. The largest absolute Gasteiger partial charge is 0.389 e. The van der Waals surface area contributed by atoms with Gasteiger partial charge in [-0.2, -0.15) is 4.31 Å². The zero-order valence-corrected chi connectivity index (χ0v) is 12.1. The molecule has 9 heteroatoms. The van der Waals surface area contributed by atoms with Crippen LogP contribution in [0.4, 0.5) is 5.13 Å². The van der Waals surface area contributed by atoms with Gasteiger partial charge in [0, 0.05) is 20.7 Å². The van der Waals surface area contributed by atoms with E-state index in [1.54, 1.807) is 6.92 Å². The van der Waals surface area contributed by atoms with E-state index in [1.807, 2.05) is 0 Å². The molecule has 0 bridgehead atoms. The zero-order chi connectivity index (χ0) is 13.9. The van der Waals surface area contributed by atoms with Gasteiger partial charge in [-0.25, -0.2) is 13.4 Å². The predicted molar refractivity (Wildman–Crippen MR) is 69.0 cm³/mol. The summed E-state index contributed by atoms with van der Waals surface area (Å²) < 4.78 is 30.3. The number of hydrogen-bond acceptors (Lipinski definition) is 7. The molecule has 0 saturated heterocycles. The van der Waals surface area contributed by atoms with E-state index in [0.717, 1.165) is 15.6 Å². The summed E-state index contributed by atoms with van der Waals surface area (Å²) in [5.41, 5.74) is 5.85. The molecular weight excluding hydrogens is 278 g/mol. The molecule has 0 spiro atoms. The number of sulfonamides is 1. The number of hydrogen-bond donors (Lipinski definition) is 2. The van der Waals surface area contributed by atoms with E-state index in [9.17, 15) is 13.5 Å². The normalized spacial score (nSPS) is 14.1. The molecule has 104 valence electrons. The summed E-state index contributed by atoms with van der Waals surface area (Å²) >= 11 is 0.914. The molecule has 1 aromatic rings. The molecule has 1 unspecified atom stereocenters. The first-order valence-corrected chi connectivity index (χ1v) is 7.41. The third-order valence-electron chi connectivity index (χ3n) is 2.24. The first kappa shape index (κ1) is 15.3. The molecule has 1 rings (SSSR count). The van der Waals surface area contributed by atoms with E-state index in [-0.39, 0.29) is 22.5 Å². The van der Waals surface area contributed by atoms with E-state index in [1.165, 1.54) is 14.2 Å². The number of aromatic nitrogens is 1. The average molecular weight is 295 g/mol. The topological polar surface area (TPSA) is 106 Å². The van der Waals surface area contributed by atoms with E-state index in [0.29, 0.717) is 5.69 Å². The van der Waals surface area contributed by atoms with Crippen LogP contribution in [0.2, 0.25) is 0 Å². The van der Waals surface area contributed by atoms with Gasteiger partial charge < -0.3 is 15.6 Å². The van der Waals surface area contributed by atoms with Crippen LogP contribution in [-0.4, -0.2) is 56.2 Å². The Morgan fingerprint density at radius 1 is 1.61 bits per heavy atom. The van der Waals surface area contributed by atoms with Gasteiger partial charge in [0.15, 0.2) is 9.34 Å². The molecule has 3 N–H and O–H groups in total. The van der Waals surface area contributed by atoms with Gasteiger partial charge in [0.1, 0.15) is 0 Å². The fourth-order valence-corrected chi connectivity index (χ4v) is 4.12. The lowest BCUT2D eigenvalue weighted by atomic mass is 10.4. The number of anilines is 1. The molecule has 1 heterocycles. The van der Waals surface area contributed by atoms with Crippen LogP contribution in [0, 0.1) is 6.92 Å². The molecule has 0 aliphatic heterocycles. The van der Waals surface area contributed by atoms with Crippen molar-refractivity contribution in [1.82, 2.24) is 9.29 Å². The number of ether oxygens (including phenoxy) is 1. The first-order valence-electron chi connectivity index (χ1n) is 5.15. The quantitative estimate of drug-likeness (QED) is 0.744. The number of methoxy groups -OCH3 is 1. The summed E-state index contributed by atoms with van der Waals surface area (Å²) in [5, 5.41) is 9.74. The van der Waals surface area contributed by atoms with E-state index < -0.39 is 16.1 Å². The number of aliphatic hydroxyl groups is 1. The lowest BCUT2D eigenvalue weighted by Gasteiger charge is -2.19. The van der Waals surface area contributed by atoms with Crippen molar-refractivity contribution in [2.45, 2.75) is 17.2 Å². The SMILES string of the molecule is COCC(O)CN(C)S(=O)(=O)c1sc(N)nc1C. The van der Waals surface area contributed by atoms with Crippen LogP contribution in [0.15, 0.2) is 4.21 Å². The fraction of sp³-hybridized carbons (Fsp3) is 0.667. The van der Waals surface area contributed by atoms with Gasteiger partial charge >= 0.3 is 0 Å². The smallest absolute Gasteiger partial charge is 0.254 e. The molecule has 0 aliphatic rings. The van der Waals surface area contributed by atoms with Crippen LogP contribution in [0.25, 0.3) is 0 Å². The number of nitrogens with two attached hydrogens (primary N) is 1. The summed E-state index contributed by atoms with van der Waals surface area (Å²) in [7, 11) is -0.840. The Balaban J connectivity index is 2.90. The summed E-state index contributed by atoms with van der Waals surface area (Å²) in [6, 6.07) is 0. The highest BCUT2D eigenvalue weighted by Gasteiger charge is 2.27. The maximum Gasteiger partial charge on any atom is 0.254 e. The van der Waals surface area contributed by atoms with Gasteiger partial charge in [-0.1, -0.05) is 11.3 Å². The molecule has 0 aliphatic carbocycles. The Bertz CT molecular complexity index is 500. The van der Waals surface area contributed by atoms with Crippen molar-refractivity contribution >= 4 is 26.5 Å². The number of thiazole rings is 1. The molecule has 18 heavy (non-hydrogen) atoms. The van der Waals surface area contributed by atoms with Gasteiger partial charge in [-0.05, 0) is 6.92 Å². The minimum atomic E-state index is -3.67. The third-order valence-corrected chi connectivity index (χ3v) is 5.64. The summed E-state index contributed by atoms with van der Waals surface area (Å²) in [6.45, 7) is 1.61. The van der Waals surface area contributed by atoms with E-state index in [2.05, 4.69) is 4.98 Å². The molecule has 0 saturated carbocycles. The molecular formula is C9H17N3O4S2. The van der Waals surface area contributed by atoms with Gasteiger partial charge in [0.25, 0.3) is 10.0 Å². The third kappa shape index (κ3) is 3.39. The van der Waals surface area contributed by atoms with Crippen LogP contribution in [0.5, 0.6) is 0 Å². The lowest BCUT2D eigenvalue weighted by molar-refractivity contribution is 0.0554. The minimum absolute atomic E-state index is 0.0482. The van der Waals surface area contributed by atoms with Crippen molar-refractivity contribution in [3.05, 3.63) is 5.69 Å². The maximum atomic E-state index is 12.2. The molecule has 0 radical (unpaired) electrons. The number of rotatable bonds is 6. The van der Waals surface area contributed by atoms with Crippen LogP contribution in [0.3, 0.4) is 0 Å². The molecule has 1 aromatic heterocycles. The van der Waals surface area contributed by atoms with Crippen molar-refractivity contribution in [1.29, 1.82) is 0 Å². The van der Waals surface area contributed by atoms with Gasteiger partial charge in [-0.3, -0.25) is 0 Å². The van der Waals surface area contributed by atoms with Crippen molar-refractivity contribution in [2.24, 2.45) is 0 Å². The number of aliphatic hydroxyl groups excluding tert-OH is 1. The number of nitrogens with zero attached hydrogens (tertiary/aromatic N) is 2. The van der Waals surface area contributed by atoms with Crippen molar-refractivity contribution in [3.63, 3.8) is 0 Å². The summed E-state index contributed by atoms with van der Waals surface area (Å²) in [4.78, 5) is 3.88. The van der Waals surface area contributed by atoms with Crippen molar-refractivity contribution in [2.75, 3.05) is 33.0 Å². The number of nitrogen functional groups attached to an aromatic ring is 1. The zero-order valence-electron chi connectivity index (χ0n) is 10.5. The summed E-state index contributed by atoms with van der Waals surface area (Å²) in [6.07, 6.45) is -0.875. The standard InChI is InChI=1S/C9H17N3O4S2/c1-6-8(17-9(10)11-6)18(14,15)12(2)4-7(13)5-16-3/h7,13H,4-5H2,1-3H3,(H2,10,11). The van der Waals surface area contributed by atoms with Gasteiger partial charge in [-0.15, -0.1) is 0 Å². The second kappa shape index (κ2) is 5.93. The molecule has 0 aromatic carbocycles. The van der Waals surface area contributed by atoms with Crippen molar-refractivity contribution < 1.29 is 18.3 Å². The second-order valence-corrected chi connectivity index (χ2v) is 7.09. The predicted octanol–water partition coefficient (Wildman–Crippen LogP) is -0.338. The molecule has 0 amide bonds. The Labute approximate surface area is 110 Å². The van der Waals surface area contributed by atoms with Crippen molar-refractivity contribution in [3.8, 4) is 0 Å². The second-order valence-electron chi connectivity index (χ2n) is 3.82. The minimum Gasteiger partial charge on any atom is -0.389 e. The molecule has 1 atom stereocenters. The van der Waals surface area contributed by atoms with E-state index in [4.69, 9.17) is 10.5 Å². The lowest BCUT2D eigenvalue weighted by Crippen LogP contribution is -2.36. The Morgan fingerprint density at radius 3 is 2.67 bits per heavy atom. The number of likely N-dealkylation sites (N-methyl/N-ethyl adjacent to an activating group) is 1. The van der Waals surface area contributed by atoms with Gasteiger partial charge in [0.2, 0.25) is 0 Å². The fourth-order valence-electron chi connectivity index (χ4n) is 1.42. The Morgan fingerprint density at radius 2 is 2.22 bits per heavy atom. The first-order chi connectivity index (χ1) is 8.28.